The van der Waals surface area contributed by atoms with E-state index in [0.717, 1.165) is 48.6 Å². The SMILES string of the molecule is CCOc1ccc(C2(O)CN(c3ccc(OC)cc3)C3=[N+]2CCCCC3)cc1.[Br-]. The highest BCUT2D eigenvalue weighted by molar-refractivity contribution is 5.96. The highest BCUT2D eigenvalue weighted by Crippen LogP contribution is 2.36. The van der Waals surface area contributed by atoms with Gasteiger partial charge in [-0.15, -0.1) is 0 Å². The Hall–Kier alpha value is -2.05. The zero-order valence-corrected chi connectivity index (χ0v) is 18.7. The molecule has 29 heavy (non-hydrogen) atoms. The summed E-state index contributed by atoms with van der Waals surface area (Å²) in [5.74, 6) is 2.88. The molecule has 2 aromatic carbocycles. The van der Waals surface area contributed by atoms with Crippen molar-refractivity contribution in [3.8, 4) is 11.5 Å². The Morgan fingerprint density at radius 2 is 1.69 bits per heavy atom. The van der Waals surface area contributed by atoms with Crippen LogP contribution in [0.2, 0.25) is 0 Å². The van der Waals surface area contributed by atoms with Crippen molar-refractivity contribution >= 4 is 11.5 Å². The van der Waals surface area contributed by atoms with E-state index in [1.807, 2.05) is 43.3 Å². The van der Waals surface area contributed by atoms with Gasteiger partial charge in [-0.25, -0.2) is 9.48 Å². The van der Waals surface area contributed by atoms with Crippen LogP contribution in [0.25, 0.3) is 0 Å². The van der Waals surface area contributed by atoms with Crippen LogP contribution in [0.15, 0.2) is 48.5 Å². The summed E-state index contributed by atoms with van der Waals surface area (Å²) in [6, 6.07) is 16.0. The maximum absolute atomic E-state index is 11.8. The summed E-state index contributed by atoms with van der Waals surface area (Å²) < 4.78 is 13.1. The Morgan fingerprint density at radius 1 is 1.00 bits per heavy atom. The van der Waals surface area contributed by atoms with Gasteiger partial charge in [0.05, 0.1) is 20.3 Å². The van der Waals surface area contributed by atoms with E-state index in [1.165, 1.54) is 12.3 Å². The summed E-state index contributed by atoms with van der Waals surface area (Å²) in [7, 11) is 1.68. The average Bonchev–Trinajstić information content (AvgIpc) is 2.88. The first kappa shape index (κ1) is 21.7. The Morgan fingerprint density at radius 3 is 2.34 bits per heavy atom. The Bertz CT molecular complexity index is 851. The lowest BCUT2D eigenvalue weighted by Crippen LogP contribution is -3.00. The number of benzene rings is 2. The van der Waals surface area contributed by atoms with Gasteiger partial charge in [0.1, 0.15) is 17.2 Å². The molecule has 6 heteroatoms. The molecule has 4 rings (SSSR count). The normalized spacial score (nSPS) is 21.3. The molecule has 2 aromatic rings. The fraction of sp³-hybridized carbons (Fsp3) is 0.435. The largest absolute Gasteiger partial charge is 1.00 e. The molecule has 0 aromatic heterocycles. The van der Waals surface area contributed by atoms with Crippen molar-refractivity contribution in [2.75, 3.05) is 31.7 Å². The van der Waals surface area contributed by atoms with E-state index in [9.17, 15) is 5.11 Å². The third kappa shape index (κ3) is 4.14. The standard InChI is InChI=1S/C23H29N2O3.BrH/c1-3-28-21-12-8-18(9-13-21)23(26)17-24(19-10-14-20(27-2)15-11-19)22-7-5-4-6-16-25(22)23;/h8-15,26H,3-7,16-17H2,1-2H3;1H/q+1;/p-1. The summed E-state index contributed by atoms with van der Waals surface area (Å²) >= 11 is 0. The molecule has 0 spiro atoms. The van der Waals surface area contributed by atoms with E-state index in [-0.39, 0.29) is 17.0 Å². The maximum Gasteiger partial charge on any atom is 0.271 e. The first-order valence-electron chi connectivity index (χ1n) is 10.2. The number of nitrogens with zero attached hydrogens (tertiary/aromatic N) is 2. The van der Waals surface area contributed by atoms with Gasteiger partial charge in [-0.2, -0.15) is 0 Å². The number of ether oxygens (including phenoxy) is 2. The van der Waals surface area contributed by atoms with Crippen LogP contribution in [0.5, 0.6) is 11.5 Å². The molecule has 0 saturated heterocycles. The van der Waals surface area contributed by atoms with Gasteiger partial charge in [-0.05, 0) is 74.7 Å². The predicted molar refractivity (Wildman–Crippen MR) is 110 cm³/mol. The van der Waals surface area contributed by atoms with Crippen LogP contribution in [0.1, 0.15) is 38.2 Å². The van der Waals surface area contributed by atoms with Crippen molar-refractivity contribution in [1.82, 2.24) is 0 Å². The van der Waals surface area contributed by atoms with Gasteiger partial charge in [0.15, 0.2) is 6.54 Å². The monoisotopic (exact) mass is 460 g/mol. The van der Waals surface area contributed by atoms with Crippen LogP contribution in [-0.4, -0.2) is 42.3 Å². The molecule has 156 valence electrons. The van der Waals surface area contributed by atoms with Crippen LogP contribution in [0, 0.1) is 0 Å². The summed E-state index contributed by atoms with van der Waals surface area (Å²) in [5, 5.41) is 11.8. The fourth-order valence-corrected chi connectivity index (χ4v) is 4.30. The summed E-state index contributed by atoms with van der Waals surface area (Å²) in [4.78, 5) is 2.27. The van der Waals surface area contributed by atoms with E-state index in [4.69, 9.17) is 9.47 Å². The van der Waals surface area contributed by atoms with Crippen molar-refractivity contribution in [3.63, 3.8) is 0 Å². The van der Waals surface area contributed by atoms with Crippen LogP contribution in [0.4, 0.5) is 5.69 Å². The van der Waals surface area contributed by atoms with Gasteiger partial charge in [0, 0.05) is 12.0 Å². The van der Waals surface area contributed by atoms with Crippen molar-refractivity contribution < 1.29 is 36.1 Å². The zero-order chi connectivity index (χ0) is 19.6. The molecule has 5 nitrogen and oxygen atoms in total. The van der Waals surface area contributed by atoms with Crippen molar-refractivity contribution in [2.24, 2.45) is 0 Å². The first-order valence-corrected chi connectivity index (χ1v) is 10.2. The number of methoxy groups -OCH3 is 1. The molecule has 0 radical (unpaired) electrons. The van der Waals surface area contributed by atoms with Crippen LogP contribution in [0.3, 0.4) is 0 Å². The van der Waals surface area contributed by atoms with E-state index in [0.29, 0.717) is 13.2 Å². The zero-order valence-electron chi connectivity index (χ0n) is 17.1. The molecule has 2 aliphatic heterocycles. The third-order valence-electron chi connectivity index (χ3n) is 5.74. The minimum atomic E-state index is -1.04. The fourth-order valence-electron chi connectivity index (χ4n) is 4.30. The molecule has 0 amide bonds. The second-order valence-electron chi connectivity index (χ2n) is 7.44. The van der Waals surface area contributed by atoms with Crippen molar-refractivity contribution in [3.05, 3.63) is 54.1 Å². The number of hydrogen-bond donors (Lipinski definition) is 1. The van der Waals surface area contributed by atoms with Gasteiger partial charge in [0.25, 0.3) is 11.6 Å². The second-order valence-corrected chi connectivity index (χ2v) is 7.44. The van der Waals surface area contributed by atoms with E-state index >= 15 is 0 Å². The molecule has 0 saturated carbocycles. The van der Waals surface area contributed by atoms with E-state index in [1.54, 1.807) is 7.11 Å². The van der Waals surface area contributed by atoms with Crippen molar-refractivity contribution in [1.29, 1.82) is 0 Å². The highest BCUT2D eigenvalue weighted by atomic mass is 79.9. The van der Waals surface area contributed by atoms with E-state index < -0.39 is 5.72 Å². The lowest BCUT2D eigenvalue weighted by Gasteiger charge is -2.23. The molecule has 2 heterocycles. The molecule has 1 N–H and O–H groups in total. The predicted octanol–water partition coefficient (Wildman–Crippen LogP) is 0.748. The molecule has 1 atom stereocenters. The Balaban J connectivity index is 0.00000240. The summed E-state index contributed by atoms with van der Waals surface area (Å²) in [6.07, 6.45) is 4.41. The number of rotatable bonds is 5. The van der Waals surface area contributed by atoms with Gasteiger partial charge in [-0.1, -0.05) is 0 Å². The molecular formula is C23H29BrN2O3. The quantitative estimate of drug-likeness (QED) is 0.668. The van der Waals surface area contributed by atoms with Gasteiger partial charge in [0.2, 0.25) is 0 Å². The molecule has 1 unspecified atom stereocenters. The molecule has 0 bridgehead atoms. The Labute approximate surface area is 183 Å². The third-order valence-corrected chi connectivity index (χ3v) is 5.74. The van der Waals surface area contributed by atoms with Gasteiger partial charge < -0.3 is 31.6 Å². The second kappa shape index (κ2) is 9.18. The molecular weight excluding hydrogens is 432 g/mol. The molecule has 2 aliphatic rings. The number of β-amino-alcohol motifs (C(OH)–C–C–N with tert-alkyl or cyclic N) is 1. The highest BCUT2D eigenvalue weighted by Gasteiger charge is 2.51. The lowest BCUT2D eigenvalue weighted by molar-refractivity contribution is -0.658. The number of aliphatic hydroxyl groups is 1. The summed E-state index contributed by atoms with van der Waals surface area (Å²) in [5.41, 5.74) is 0.959. The number of halogens is 1. The van der Waals surface area contributed by atoms with Gasteiger partial charge >= 0.3 is 0 Å². The summed E-state index contributed by atoms with van der Waals surface area (Å²) in [6.45, 7) is 4.00. The van der Waals surface area contributed by atoms with Crippen LogP contribution in [-0.2, 0) is 5.72 Å². The average molecular weight is 461 g/mol. The minimum absolute atomic E-state index is 0. The number of anilines is 1. The topological polar surface area (TPSA) is 44.9 Å². The van der Waals surface area contributed by atoms with Gasteiger partial charge in [-0.3, -0.25) is 0 Å². The van der Waals surface area contributed by atoms with Crippen LogP contribution < -0.4 is 31.4 Å². The van der Waals surface area contributed by atoms with Crippen molar-refractivity contribution in [2.45, 2.75) is 38.3 Å². The van der Waals surface area contributed by atoms with E-state index in [2.05, 4.69) is 21.6 Å². The number of hydrogen-bond acceptors (Lipinski definition) is 4. The lowest BCUT2D eigenvalue weighted by atomic mass is 10.0. The molecule has 0 aliphatic carbocycles. The minimum Gasteiger partial charge on any atom is -1.00 e. The number of amidine groups is 1. The van der Waals surface area contributed by atoms with Crippen LogP contribution >= 0.6 is 0 Å². The molecule has 0 fully saturated rings. The first-order chi connectivity index (χ1) is 13.7. The smallest absolute Gasteiger partial charge is 0.271 e. The Kier molecular flexibility index (Phi) is 6.85. The maximum atomic E-state index is 11.8.